The van der Waals surface area contributed by atoms with E-state index in [2.05, 4.69) is 21.7 Å². The second kappa shape index (κ2) is 8.82. The van der Waals surface area contributed by atoms with Crippen molar-refractivity contribution in [3.63, 3.8) is 0 Å². The van der Waals surface area contributed by atoms with E-state index in [0.29, 0.717) is 19.9 Å². The van der Waals surface area contributed by atoms with Crippen LogP contribution < -0.4 is 24.8 Å². The highest BCUT2D eigenvalue weighted by atomic mass is 16.7. The molecule has 132 valence electrons. The first-order valence-electron chi connectivity index (χ1n) is 8.36. The largest absolute Gasteiger partial charge is 0.492 e. The molecule has 1 aliphatic rings. The van der Waals surface area contributed by atoms with Gasteiger partial charge < -0.3 is 24.8 Å². The molecule has 2 aromatic carbocycles. The highest BCUT2D eigenvalue weighted by Gasteiger charge is 2.12. The Kier molecular flexibility index (Phi) is 5.98. The lowest BCUT2D eigenvalue weighted by molar-refractivity contribution is 0.174. The average Bonchev–Trinajstić information content (AvgIpc) is 3.12. The van der Waals surface area contributed by atoms with Gasteiger partial charge in [0.25, 0.3) is 0 Å². The molecule has 6 nitrogen and oxygen atoms in total. The number of hydrogen-bond donors (Lipinski definition) is 2. The maximum Gasteiger partial charge on any atom is 0.231 e. The Hall–Kier alpha value is -2.89. The number of ether oxygens (including phenoxy) is 3. The molecule has 0 atom stereocenters. The Morgan fingerprint density at radius 3 is 2.68 bits per heavy atom. The predicted molar refractivity (Wildman–Crippen MR) is 97.6 cm³/mol. The van der Waals surface area contributed by atoms with E-state index in [1.165, 1.54) is 5.56 Å². The lowest BCUT2D eigenvalue weighted by Crippen LogP contribution is -2.40. The zero-order valence-corrected chi connectivity index (χ0v) is 14.3. The molecule has 0 spiro atoms. The Balaban J connectivity index is 1.35. The summed E-state index contributed by atoms with van der Waals surface area (Å²) < 4.78 is 16.4. The number of fused-ring (bicyclic) bond motifs is 1. The van der Waals surface area contributed by atoms with E-state index >= 15 is 0 Å². The summed E-state index contributed by atoms with van der Waals surface area (Å²) in [5, 5.41) is 6.53. The third kappa shape index (κ3) is 5.04. The summed E-state index contributed by atoms with van der Waals surface area (Å²) in [7, 11) is 1.76. The molecule has 0 aromatic heterocycles. The van der Waals surface area contributed by atoms with E-state index in [-0.39, 0.29) is 0 Å². The van der Waals surface area contributed by atoms with Crippen molar-refractivity contribution in [3.8, 4) is 17.2 Å². The summed E-state index contributed by atoms with van der Waals surface area (Å²) in [4.78, 5) is 4.22. The van der Waals surface area contributed by atoms with Crippen LogP contribution in [-0.2, 0) is 6.42 Å². The Morgan fingerprint density at radius 2 is 1.84 bits per heavy atom. The average molecular weight is 341 g/mol. The highest BCUT2D eigenvalue weighted by molar-refractivity contribution is 5.79. The minimum Gasteiger partial charge on any atom is -0.492 e. The van der Waals surface area contributed by atoms with Gasteiger partial charge in [-0.2, -0.15) is 0 Å². The molecular formula is C19H23N3O3. The molecule has 0 radical (unpaired) electrons. The molecule has 0 amide bonds. The van der Waals surface area contributed by atoms with E-state index < -0.39 is 0 Å². The second-order valence-corrected chi connectivity index (χ2v) is 5.52. The monoisotopic (exact) mass is 341 g/mol. The van der Waals surface area contributed by atoms with Crippen LogP contribution in [0.5, 0.6) is 17.2 Å². The molecule has 25 heavy (non-hydrogen) atoms. The van der Waals surface area contributed by atoms with Gasteiger partial charge in [-0.25, -0.2) is 0 Å². The van der Waals surface area contributed by atoms with Gasteiger partial charge in [0.15, 0.2) is 17.5 Å². The quantitative estimate of drug-likeness (QED) is 0.459. The van der Waals surface area contributed by atoms with Gasteiger partial charge in [0, 0.05) is 13.6 Å². The summed E-state index contributed by atoms with van der Waals surface area (Å²) in [6.45, 7) is 2.34. The van der Waals surface area contributed by atoms with Crippen molar-refractivity contribution in [2.24, 2.45) is 4.99 Å². The normalized spacial score (nSPS) is 12.8. The van der Waals surface area contributed by atoms with Gasteiger partial charge in [-0.1, -0.05) is 24.3 Å². The van der Waals surface area contributed by atoms with E-state index in [0.717, 1.165) is 36.2 Å². The fourth-order valence-electron chi connectivity index (χ4n) is 2.50. The molecule has 0 saturated heterocycles. The standard InChI is InChI=1S/C19H23N3O3/c1-20-19(22-11-12-23-16-5-3-2-4-6-16)21-10-9-15-7-8-17-18(13-15)25-14-24-17/h2-8,13H,9-12,14H2,1H3,(H2,20,21,22). The van der Waals surface area contributed by atoms with Gasteiger partial charge in [0.1, 0.15) is 12.4 Å². The molecule has 0 aliphatic carbocycles. The highest BCUT2D eigenvalue weighted by Crippen LogP contribution is 2.32. The molecule has 0 bridgehead atoms. The lowest BCUT2D eigenvalue weighted by Gasteiger charge is -2.12. The first-order chi connectivity index (χ1) is 12.3. The molecule has 0 unspecified atom stereocenters. The number of para-hydroxylation sites is 1. The van der Waals surface area contributed by atoms with E-state index in [9.17, 15) is 0 Å². The Bertz CT molecular complexity index is 704. The minimum atomic E-state index is 0.304. The van der Waals surface area contributed by atoms with Crippen LogP contribution in [0.15, 0.2) is 53.5 Å². The summed E-state index contributed by atoms with van der Waals surface area (Å²) in [5.74, 6) is 3.26. The van der Waals surface area contributed by atoms with Crippen molar-refractivity contribution < 1.29 is 14.2 Å². The van der Waals surface area contributed by atoms with Crippen molar-refractivity contribution in [2.75, 3.05) is 33.5 Å². The molecule has 2 aromatic rings. The number of rotatable bonds is 7. The molecule has 6 heteroatoms. The van der Waals surface area contributed by atoms with E-state index in [4.69, 9.17) is 14.2 Å². The Morgan fingerprint density at radius 1 is 1.04 bits per heavy atom. The van der Waals surface area contributed by atoms with Crippen LogP contribution in [0.2, 0.25) is 0 Å². The van der Waals surface area contributed by atoms with Crippen LogP contribution in [-0.4, -0.2) is 39.5 Å². The van der Waals surface area contributed by atoms with Gasteiger partial charge in [-0.15, -0.1) is 0 Å². The molecule has 0 saturated carbocycles. The van der Waals surface area contributed by atoms with Crippen LogP contribution in [0.25, 0.3) is 0 Å². The van der Waals surface area contributed by atoms with Gasteiger partial charge in [0.05, 0.1) is 6.54 Å². The maximum atomic E-state index is 5.65. The molecule has 2 N–H and O–H groups in total. The van der Waals surface area contributed by atoms with E-state index in [1.807, 2.05) is 42.5 Å². The molecular weight excluding hydrogens is 318 g/mol. The first-order valence-corrected chi connectivity index (χ1v) is 8.36. The second-order valence-electron chi connectivity index (χ2n) is 5.52. The summed E-state index contributed by atoms with van der Waals surface area (Å²) in [5.41, 5.74) is 1.19. The number of nitrogens with zero attached hydrogens (tertiary/aromatic N) is 1. The summed E-state index contributed by atoms with van der Waals surface area (Å²) in [6.07, 6.45) is 0.873. The number of guanidine groups is 1. The number of aliphatic imine (C=N–C) groups is 1. The fraction of sp³-hybridized carbons (Fsp3) is 0.316. The predicted octanol–water partition coefficient (Wildman–Crippen LogP) is 2.20. The van der Waals surface area contributed by atoms with Crippen LogP contribution >= 0.6 is 0 Å². The van der Waals surface area contributed by atoms with Crippen molar-refractivity contribution in [1.82, 2.24) is 10.6 Å². The van der Waals surface area contributed by atoms with Crippen LogP contribution in [0.4, 0.5) is 0 Å². The molecule has 1 heterocycles. The smallest absolute Gasteiger partial charge is 0.231 e. The van der Waals surface area contributed by atoms with Crippen molar-refractivity contribution in [3.05, 3.63) is 54.1 Å². The zero-order valence-electron chi connectivity index (χ0n) is 14.3. The molecule has 3 rings (SSSR count). The van der Waals surface area contributed by atoms with Gasteiger partial charge >= 0.3 is 0 Å². The third-order valence-corrected chi connectivity index (χ3v) is 3.77. The first kappa shape index (κ1) is 17.0. The molecule has 0 fully saturated rings. The minimum absolute atomic E-state index is 0.304. The van der Waals surface area contributed by atoms with Gasteiger partial charge in [0.2, 0.25) is 6.79 Å². The van der Waals surface area contributed by atoms with Gasteiger partial charge in [-0.05, 0) is 36.2 Å². The lowest BCUT2D eigenvalue weighted by atomic mass is 10.1. The SMILES string of the molecule is CN=C(NCCOc1ccccc1)NCCc1ccc2c(c1)OCO2. The number of nitrogens with one attached hydrogen (secondary N) is 2. The van der Waals surface area contributed by atoms with Crippen LogP contribution in [0, 0.1) is 0 Å². The summed E-state index contributed by atoms with van der Waals surface area (Å²) in [6, 6.07) is 15.8. The van der Waals surface area contributed by atoms with Crippen molar-refractivity contribution >= 4 is 5.96 Å². The van der Waals surface area contributed by atoms with Crippen LogP contribution in [0.3, 0.4) is 0 Å². The fourth-order valence-corrected chi connectivity index (χ4v) is 2.50. The number of benzene rings is 2. The summed E-state index contributed by atoms with van der Waals surface area (Å²) >= 11 is 0. The number of hydrogen-bond acceptors (Lipinski definition) is 4. The molecule has 1 aliphatic heterocycles. The topological polar surface area (TPSA) is 64.1 Å². The van der Waals surface area contributed by atoms with Gasteiger partial charge in [-0.3, -0.25) is 4.99 Å². The zero-order chi connectivity index (χ0) is 17.3. The van der Waals surface area contributed by atoms with E-state index in [1.54, 1.807) is 7.05 Å². The third-order valence-electron chi connectivity index (χ3n) is 3.77. The van der Waals surface area contributed by atoms with Crippen LogP contribution in [0.1, 0.15) is 5.56 Å². The maximum absolute atomic E-state index is 5.65. The Labute approximate surface area is 147 Å². The van der Waals surface area contributed by atoms with Crippen molar-refractivity contribution in [2.45, 2.75) is 6.42 Å². The van der Waals surface area contributed by atoms with Crippen molar-refractivity contribution in [1.29, 1.82) is 0 Å².